The van der Waals surface area contributed by atoms with Crippen LogP contribution in [0.4, 0.5) is 0 Å². The van der Waals surface area contributed by atoms with Crippen molar-refractivity contribution in [1.29, 1.82) is 0 Å². The van der Waals surface area contributed by atoms with Crippen molar-refractivity contribution in [3.05, 3.63) is 29.8 Å². The summed E-state index contributed by atoms with van der Waals surface area (Å²) in [5, 5.41) is 0.945. The Morgan fingerprint density at radius 3 is 3.18 bits per heavy atom. The molecule has 2 aliphatic rings. The van der Waals surface area contributed by atoms with Gasteiger partial charge in [-0.15, -0.1) is 4.41 Å². The Bertz CT molecular complexity index is 776. The molecule has 1 atom stereocenters. The second-order valence-electron chi connectivity index (χ2n) is 5.50. The Morgan fingerprint density at radius 1 is 1.55 bits per heavy atom. The Morgan fingerprint density at radius 2 is 2.41 bits per heavy atom. The van der Waals surface area contributed by atoms with Gasteiger partial charge in [-0.3, -0.25) is 15.2 Å². The van der Waals surface area contributed by atoms with Gasteiger partial charge in [0.25, 0.3) is 5.91 Å². The maximum absolute atomic E-state index is 12.6. The molecule has 0 aromatic carbocycles. The molecule has 4 heterocycles. The highest BCUT2D eigenvalue weighted by Gasteiger charge is 2.29. The third-order valence-corrected chi connectivity index (χ3v) is 4.78. The van der Waals surface area contributed by atoms with Gasteiger partial charge in [0.1, 0.15) is 12.5 Å². The average Bonchev–Trinajstić information content (AvgIpc) is 3.17. The van der Waals surface area contributed by atoms with E-state index in [0.29, 0.717) is 18.3 Å². The van der Waals surface area contributed by atoms with Crippen molar-refractivity contribution in [1.82, 2.24) is 24.4 Å². The summed E-state index contributed by atoms with van der Waals surface area (Å²) in [5.74, 6) is 0.709. The molecule has 2 aromatic rings. The van der Waals surface area contributed by atoms with Gasteiger partial charge < -0.3 is 9.55 Å². The number of aliphatic imine (C=N–C) groups is 1. The fourth-order valence-corrected chi connectivity index (χ4v) is 3.61. The zero-order valence-electron chi connectivity index (χ0n) is 12.3. The SMILES string of the molecule is CC1=NCN(NC(=O)c2c[nH]c3c2-c2nccn2[C@H](C)C3)S1. The van der Waals surface area contributed by atoms with Gasteiger partial charge in [-0.2, -0.15) is 0 Å². The first-order valence-electron chi connectivity index (χ1n) is 7.14. The molecule has 2 N–H and O–H groups in total. The lowest BCUT2D eigenvalue weighted by Crippen LogP contribution is -2.36. The molecular formula is C14H16N6OS. The molecule has 0 saturated carbocycles. The average molecular weight is 316 g/mol. The normalized spacial score (nSPS) is 20.5. The summed E-state index contributed by atoms with van der Waals surface area (Å²) >= 11 is 1.44. The molecule has 0 radical (unpaired) electrons. The van der Waals surface area contributed by atoms with Crippen LogP contribution in [0.5, 0.6) is 0 Å². The van der Waals surface area contributed by atoms with Gasteiger partial charge in [0, 0.05) is 36.7 Å². The van der Waals surface area contributed by atoms with Crippen molar-refractivity contribution in [3.63, 3.8) is 0 Å². The van der Waals surface area contributed by atoms with Gasteiger partial charge in [-0.05, 0) is 25.8 Å². The summed E-state index contributed by atoms with van der Waals surface area (Å²) in [6, 6.07) is 0.338. The number of hydrazine groups is 1. The highest BCUT2D eigenvalue weighted by Crippen LogP contribution is 2.35. The topological polar surface area (TPSA) is 78.3 Å². The van der Waals surface area contributed by atoms with Crippen LogP contribution in [0.3, 0.4) is 0 Å². The molecule has 0 spiro atoms. The van der Waals surface area contributed by atoms with Crippen LogP contribution < -0.4 is 5.43 Å². The van der Waals surface area contributed by atoms with E-state index in [-0.39, 0.29) is 5.91 Å². The fraction of sp³-hybridized carbons (Fsp3) is 0.357. The molecule has 0 fully saturated rings. The molecule has 0 saturated heterocycles. The molecule has 1 amide bonds. The highest BCUT2D eigenvalue weighted by molar-refractivity contribution is 8.12. The molecule has 2 aromatic heterocycles. The van der Waals surface area contributed by atoms with E-state index in [1.54, 1.807) is 16.8 Å². The lowest BCUT2D eigenvalue weighted by Gasteiger charge is -2.22. The lowest BCUT2D eigenvalue weighted by atomic mass is 10.0. The molecule has 8 heteroatoms. The van der Waals surface area contributed by atoms with Crippen LogP contribution in [-0.2, 0) is 6.42 Å². The molecule has 2 aliphatic heterocycles. The minimum absolute atomic E-state index is 0.140. The third-order valence-electron chi connectivity index (χ3n) is 3.96. The van der Waals surface area contributed by atoms with Gasteiger partial charge in [0.05, 0.1) is 16.2 Å². The van der Waals surface area contributed by atoms with Crippen molar-refractivity contribution >= 4 is 22.9 Å². The van der Waals surface area contributed by atoms with E-state index >= 15 is 0 Å². The van der Waals surface area contributed by atoms with Crippen molar-refractivity contribution in [2.75, 3.05) is 6.67 Å². The molecule has 0 unspecified atom stereocenters. The largest absolute Gasteiger partial charge is 0.364 e. The Balaban J connectivity index is 1.64. The number of nitrogens with one attached hydrogen (secondary N) is 2. The summed E-state index contributed by atoms with van der Waals surface area (Å²) in [6.07, 6.45) is 6.38. The van der Waals surface area contributed by atoms with Crippen molar-refractivity contribution in [2.45, 2.75) is 26.3 Å². The first-order chi connectivity index (χ1) is 10.6. The number of fused-ring (bicyclic) bond motifs is 3. The quantitative estimate of drug-likeness (QED) is 0.831. The number of hydrogen-bond acceptors (Lipinski definition) is 5. The number of carbonyl (C=O) groups is 1. The van der Waals surface area contributed by atoms with Gasteiger partial charge >= 0.3 is 0 Å². The summed E-state index contributed by atoms with van der Waals surface area (Å²) in [7, 11) is 0. The van der Waals surface area contributed by atoms with Gasteiger partial charge in [-0.25, -0.2) is 4.98 Å². The standard InChI is InChI=1S/C14H16N6OS/c1-8-5-11-12(13-15-3-4-19(8)13)10(6-16-11)14(21)18-20-7-17-9(2)22-20/h3-4,6,8,16H,5,7H2,1-2H3,(H,18,21)/t8-/m1/s1. The van der Waals surface area contributed by atoms with Crippen LogP contribution in [0.2, 0.25) is 0 Å². The van der Waals surface area contributed by atoms with Crippen molar-refractivity contribution < 1.29 is 4.79 Å². The van der Waals surface area contributed by atoms with Crippen LogP contribution in [-0.4, -0.2) is 36.6 Å². The van der Waals surface area contributed by atoms with E-state index in [4.69, 9.17) is 0 Å². The minimum atomic E-state index is -0.140. The van der Waals surface area contributed by atoms with Gasteiger partial charge in [0.15, 0.2) is 0 Å². The fourth-order valence-electron chi connectivity index (χ4n) is 2.93. The van der Waals surface area contributed by atoms with E-state index in [0.717, 1.165) is 28.5 Å². The number of nitrogens with zero attached hydrogens (tertiary/aromatic N) is 4. The van der Waals surface area contributed by atoms with Crippen LogP contribution in [0.25, 0.3) is 11.4 Å². The van der Waals surface area contributed by atoms with Crippen molar-refractivity contribution in [2.24, 2.45) is 4.99 Å². The maximum Gasteiger partial charge on any atom is 0.268 e. The molecule has 0 aliphatic carbocycles. The monoisotopic (exact) mass is 316 g/mol. The number of aromatic nitrogens is 3. The molecule has 114 valence electrons. The predicted molar refractivity (Wildman–Crippen MR) is 85.3 cm³/mol. The first kappa shape index (κ1) is 13.6. The van der Waals surface area contributed by atoms with Gasteiger partial charge in [-0.1, -0.05) is 0 Å². The molecule has 7 nitrogen and oxygen atoms in total. The van der Waals surface area contributed by atoms with Crippen molar-refractivity contribution in [3.8, 4) is 11.4 Å². The molecule has 0 bridgehead atoms. The predicted octanol–water partition coefficient (Wildman–Crippen LogP) is 1.98. The van der Waals surface area contributed by atoms with E-state index in [2.05, 4.69) is 31.9 Å². The number of carbonyl (C=O) groups excluding carboxylic acids is 1. The molecular weight excluding hydrogens is 300 g/mol. The zero-order chi connectivity index (χ0) is 15.3. The van der Waals surface area contributed by atoms with E-state index < -0.39 is 0 Å². The Hall–Kier alpha value is -2.06. The summed E-state index contributed by atoms with van der Waals surface area (Å²) in [4.78, 5) is 24.5. The molecule has 22 heavy (non-hydrogen) atoms. The Labute approximate surface area is 131 Å². The minimum Gasteiger partial charge on any atom is -0.364 e. The number of aromatic amines is 1. The number of imidazole rings is 1. The van der Waals surface area contributed by atoms with Crippen LogP contribution in [0, 0.1) is 0 Å². The highest BCUT2D eigenvalue weighted by atomic mass is 32.2. The van der Waals surface area contributed by atoms with Gasteiger partial charge in [0.2, 0.25) is 0 Å². The first-order valence-corrected chi connectivity index (χ1v) is 7.92. The van der Waals surface area contributed by atoms with Crippen LogP contribution in [0.15, 0.2) is 23.6 Å². The molecule has 4 rings (SSSR count). The third kappa shape index (κ3) is 2.06. The number of H-pyrrole nitrogens is 1. The summed E-state index contributed by atoms with van der Waals surface area (Å²) in [6.45, 7) is 4.55. The Kier molecular flexibility index (Phi) is 3.08. The number of rotatable bonds is 2. The van der Waals surface area contributed by atoms with E-state index in [9.17, 15) is 4.79 Å². The second kappa shape index (κ2) is 4.99. The van der Waals surface area contributed by atoms with Crippen LogP contribution >= 0.6 is 11.9 Å². The summed E-state index contributed by atoms with van der Waals surface area (Å²) < 4.78 is 3.85. The van der Waals surface area contributed by atoms with E-state index in [1.807, 2.05) is 13.1 Å². The lowest BCUT2D eigenvalue weighted by molar-refractivity contribution is 0.0892. The maximum atomic E-state index is 12.6. The van der Waals surface area contributed by atoms with E-state index in [1.165, 1.54) is 11.9 Å². The second-order valence-corrected chi connectivity index (χ2v) is 6.71. The smallest absolute Gasteiger partial charge is 0.268 e. The summed E-state index contributed by atoms with van der Waals surface area (Å²) in [5.41, 5.74) is 5.48. The van der Waals surface area contributed by atoms with Crippen LogP contribution in [0.1, 0.15) is 35.9 Å². The number of hydrogen-bond donors (Lipinski definition) is 2. The number of amides is 1. The zero-order valence-corrected chi connectivity index (χ0v) is 13.1.